The fourth-order valence-corrected chi connectivity index (χ4v) is 2.13. The molecule has 0 unspecified atom stereocenters. The van der Waals surface area contributed by atoms with E-state index in [4.69, 9.17) is 9.11 Å². The molecule has 2 N–H and O–H groups in total. The van der Waals surface area contributed by atoms with Crippen molar-refractivity contribution < 1.29 is 30.9 Å². The van der Waals surface area contributed by atoms with Crippen LogP contribution in [0.15, 0.2) is 28.0 Å². The third-order valence-corrected chi connectivity index (χ3v) is 3.33. The lowest BCUT2D eigenvalue weighted by Gasteiger charge is -2.01. The maximum atomic E-state index is 10.7. The zero-order chi connectivity index (χ0) is 13.4. The van der Waals surface area contributed by atoms with E-state index in [0.717, 1.165) is 0 Å². The van der Waals surface area contributed by atoms with E-state index in [1.54, 1.807) is 0 Å². The van der Waals surface area contributed by atoms with Gasteiger partial charge >= 0.3 is 0 Å². The number of hydrogen-bond acceptors (Lipinski definition) is 6. The van der Waals surface area contributed by atoms with Crippen LogP contribution in [0.4, 0.5) is 5.69 Å². The predicted molar refractivity (Wildman–Crippen MR) is 52.7 cm³/mol. The number of nitrogens with zero attached hydrogens (tertiary/aromatic N) is 1. The summed E-state index contributed by atoms with van der Waals surface area (Å²) in [6.45, 7) is 0. The van der Waals surface area contributed by atoms with Gasteiger partial charge in [0.15, 0.2) is 0 Å². The zero-order valence-corrected chi connectivity index (χ0v) is 9.47. The molecule has 1 rings (SSSR count). The molecule has 9 nitrogen and oxygen atoms in total. The minimum atomic E-state index is -4.82. The lowest BCUT2D eigenvalue weighted by molar-refractivity contribution is -0.385. The van der Waals surface area contributed by atoms with Crippen molar-refractivity contribution in [2.24, 2.45) is 0 Å². The first-order valence-electron chi connectivity index (χ1n) is 3.76. The van der Waals surface area contributed by atoms with Crippen molar-refractivity contribution in [3.05, 3.63) is 28.3 Å². The molecular formula is C6H5NO8S2. The van der Waals surface area contributed by atoms with Crippen molar-refractivity contribution in [3.63, 3.8) is 0 Å². The van der Waals surface area contributed by atoms with Crippen molar-refractivity contribution in [1.29, 1.82) is 0 Å². The largest absolute Gasteiger partial charge is 0.294 e. The monoisotopic (exact) mass is 283 g/mol. The number of hydrogen-bond donors (Lipinski definition) is 2. The molecular weight excluding hydrogens is 278 g/mol. The molecule has 0 atom stereocenters. The molecule has 1 aromatic rings. The third kappa shape index (κ3) is 3.20. The molecule has 1 aromatic carbocycles. The van der Waals surface area contributed by atoms with E-state index in [9.17, 15) is 26.9 Å². The summed E-state index contributed by atoms with van der Waals surface area (Å²) >= 11 is 0. The highest BCUT2D eigenvalue weighted by atomic mass is 32.2. The Morgan fingerprint density at radius 2 is 1.29 bits per heavy atom. The summed E-state index contributed by atoms with van der Waals surface area (Å²) in [7, 11) is -9.64. The van der Waals surface area contributed by atoms with E-state index in [-0.39, 0.29) is 0 Å². The van der Waals surface area contributed by atoms with E-state index >= 15 is 0 Å². The molecule has 0 radical (unpaired) electrons. The van der Waals surface area contributed by atoms with Gasteiger partial charge in [0.2, 0.25) is 0 Å². The van der Waals surface area contributed by atoms with Crippen LogP contribution in [0.25, 0.3) is 0 Å². The van der Waals surface area contributed by atoms with Gasteiger partial charge in [0.25, 0.3) is 25.9 Å². The van der Waals surface area contributed by atoms with E-state index in [0.29, 0.717) is 18.2 Å². The SMILES string of the molecule is O=[N+]([O-])c1cc(S(=O)(=O)O)cc(S(=O)(=O)O)c1. The summed E-state index contributed by atoms with van der Waals surface area (Å²) in [5.74, 6) is 0. The van der Waals surface area contributed by atoms with Gasteiger partial charge in [0.1, 0.15) is 9.79 Å². The van der Waals surface area contributed by atoms with Crippen LogP contribution >= 0.6 is 0 Å². The summed E-state index contributed by atoms with van der Waals surface area (Å²) in [6, 6.07) is 1.33. The smallest absolute Gasteiger partial charge is 0.282 e. The van der Waals surface area contributed by atoms with Crippen LogP contribution in [0.3, 0.4) is 0 Å². The quantitative estimate of drug-likeness (QED) is 0.449. The second-order valence-corrected chi connectivity index (χ2v) is 5.71. The topological polar surface area (TPSA) is 152 Å². The molecule has 0 aromatic heterocycles. The minimum absolute atomic E-state index is 0.400. The highest BCUT2D eigenvalue weighted by Gasteiger charge is 2.22. The maximum Gasteiger partial charge on any atom is 0.294 e. The van der Waals surface area contributed by atoms with E-state index in [1.807, 2.05) is 0 Å². The van der Waals surface area contributed by atoms with E-state index in [2.05, 4.69) is 0 Å². The molecule has 0 bridgehead atoms. The van der Waals surface area contributed by atoms with Crippen LogP contribution in [0, 0.1) is 10.1 Å². The van der Waals surface area contributed by atoms with Gasteiger partial charge in [-0.2, -0.15) is 16.8 Å². The van der Waals surface area contributed by atoms with Gasteiger partial charge in [-0.05, 0) is 6.07 Å². The summed E-state index contributed by atoms with van der Waals surface area (Å²) in [4.78, 5) is 7.34. The molecule has 0 amide bonds. The molecule has 17 heavy (non-hydrogen) atoms. The zero-order valence-electron chi connectivity index (χ0n) is 7.84. The number of non-ortho nitro benzene ring substituents is 1. The Morgan fingerprint density at radius 1 is 0.941 bits per heavy atom. The van der Waals surface area contributed by atoms with Crippen LogP contribution in [-0.2, 0) is 20.2 Å². The predicted octanol–water partition coefficient (Wildman–Crippen LogP) is 0.0882. The van der Waals surface area contributed by atoms with Gasteiger partial charge in [0, 0.05) is 12.1 Å². The van der Waals surface area contributed by atoms with E-state index in [1.165, 1.54) is 0 Å². The molecule has 0 aliphatic carbocycles. The molecule has 0 aliphatic rings. The Balaban J connectivity index is 3.68. The van der Waals surface area contributed by atoms with Gasteiger partial charge in [-0.3, -0.25) is 19.2 Å². The average molecular weight is 283 g/mol. The van der Waals surface area contributed by atoms with Gasteiger partial charge in [-0.1, -0.05) is 0 Å². The first-order valence-corrected chi connectivity index (χ1v) is 6.64. The molecule has 11 heteroatoms. The molecule has 94 valence electrons. The van der Waals surface area contributed by atoms with Crippen molar-refractivity contribution >= 4 is 25.9 Å². The Hall–Kier alpha value is -1.56. The second kappa shape index (κ2) is 4.03. The summed E-state index contributed by atoms with van der Waals surface area (Å²) in [5, 5.41) is 10.4. The molecule has 0 saturated carbocycles. The van der Waals surface area contributed by atoms with Crippen molar-refractivity contribution in [2.75, 3.05) is 0 Å². The number of rotatable bonds is 3. The third-order valence-electron chi connectivity index (χ3n) is 1.67. The molecule has 0 saturated heterocycles. The fourth-order valence-electron chi connectivity index (χ4n) is 0.960. The normalized spacial score (nSPS) is 12.4. The van der Waals surface area contributed by atoms with Gasteiger partial charge < -0.3 is 0 Å². The Kier molecular flexibility index (Phi) is 3.20. The fraction of sp³-hybridized carbons (Fsp3) is 0. The van der Waals surface area contributed by atoms with Crippen LogP contribution in [0.5, 0.6) is 0 Å². The molecule has 0 aliphatic heterocycles. The average Bonchev–Trinajstić information content (AvgIpc) is 2.14. The second-order valence-electron chi connectivity index (χ2n) is 2.87. The van der Waals surface area contributed by atoms with Crippen LogP contribution in [0.2, 0.25) is 0 Å². The minimum Gasteiger partial charge on any atom is -0.282 e. The van der Waals surface area contributed by atoms with Crippen molar-refractivity contribution in [2.45, 2.75) is 9.79 Å². The highest BCUT2D eigenvalue weighted by molar-refractivity contribution is 7.86. The molecule has 0 spiro atoms. The number of nitro groups is 1. The maximum absolute atomic E-state index is 10.7. The van der Waals surface area contributed by atoms with Crippen LogP contribution in [-0.4, -0.2) is 30.9 Å². The summed E-state index contributed by atoms with van der Waals surface area (Å²) in [6.07, 6.45) is 0. The lowest BCUT2D eigenvalue weighted by atomic mass is 10.3. The summed E-state index contributed by atoms with van der Waals surface area (Å²) in [5.41, 5.74) is -0.896. The van der Waals surface area contributed by atoms with Gasteiger partial charge in [0.05, 0.1) is 4.92 Å². The van der Waals surface area contributed by atoms with E-state index < -0.39 is 40.6 Å². The number of benzene rings is 1. The molecule has 0 heterocycles. The first-order chi connectivity index (χ1) is 7.51. The Bertz CT molecular complexity index is 624. The number of nitro benzene ring substituents is 1. The Labute approximate surface area is 95.3 Å². The van der Waals surface area contributed by atoms with Crippen molar-refractivity contribution in [1.82, 2.24) is 0 Å². The van der Waals surface area contributed by atoms with Crippen LogP contribution < -0.4 is 0 Å². The molecule has 0 fully saturated rings. The summed E-state index contributed by atoms with van der Waals surface area (Å²) < 4.78 is 60.3. The van der Waals surface area contributed by atoms with Crippen LogP contribution in [0.1, 0.15) is 0 Å². The Morgan fingerprint density at radius 3 is 1.53 bits per heavy atom. The lowest BCUT2D eigenvalue weighted by Crippen LogP contribution is -2.04. The van der Waals surface area contributed by atoms with Gasteiger partial charge in [-0.25, -0.2) is 0 Å². The standard InChI is InChI=1S/C6H5NO8S2/c8-7(9)4-1-5(16(10,11)12)3-6(2-4)17(13,14)15/h1-3H,(H,10,11,12)(H,13,14,15). The van der Waals surface area contributed by atoms with Gasteiger partial charge in [-0.15, -0.1) is 0 Å². The highest BCUT2D eigenvalue weighted by Crippen LogP contribution is 2.23. The first kappa shape index (κ1) is 13.5. The van der Waals surface area contributed by atoms with Crippen molar-refractivity contribution in [3.8, 4) is 0 Å².